The zero-order chi connectivity index (χ0) is 13.7. The molecular weight excluding hydrogens is 248 g/mol. The number of rotatable bonds is 5. The van der Waals surface area contributed by atoms with Crippen molar-refractivity contribution in [1.29, 1.82) is 0 Å². The number of hydrogen-bond donors (Lipinski definition) is 1. The number of benzene rings is 1. The van der Waals surface area contributed by atoms with Crippen molar-refractivity contribution < 1.29 is 19.4 Å². The van der Waals surface area contributed by atoms with Crippen LogP contribution in [-0.2, 0) is 0 Å². The average Bonchev–Trinajstić information content (AvgIpc) is 2.42. The molecule has 0 unspecified atom stereocenters. The van der Waals surface area contributed by atoms with E-state index in [9.17, 15) is 4.79 Å². The normalized spacial score (nSPS) is 9.95. The van der Waals surface area contributed by atoms with Crippen LogP contribution in [0.25, 0.3) is 0 Å². The van der Waals surface area contributed by atoms with Crippen LogP contribution in [0.5, 0.6) is 17.4 Å². The molecule has 0 aliphatic rings. The number of nitrogens with zero attached hydrogens (tertiary/aromatic N) is 2. The lowest BCUT2D eigenvalue weighted by atomic mass is 10.3. The molecule has 0 saturated carbocycles. The summed E-state index contributed by atoms with van der Waals surface area (Å²) in [6.45, 7) is 2.47. The van der Waals surface area contributed by atoms with Gasteiger partial charge in [0.1, 0.15) is 11.5 Å². The maximum absolute atomic E-state index is 10.9. The largest absolute Gasteiger partial charge is 0.494 e. The van der Waals surface area contributed by atoms with Crippen LogP contribution in [-0.4, -0.2) is 27.7 Å². The van der Waals surface area contributed by atoms with Crippen LogP contribution in [0.3, 0.4) is 0 Å². The van der Waals surface area contributed by atoms with Crippen LogP contribution in [0.1, 0.15) is 17.4 Å². The summed E-state index contributed by atoms with van der Waals surface area (Å²) in [4.78, 5) is 18.5. The van der Waals surface area contributed by atoms with Crippen LogP contribution < -0.4 is 9.47 Å². The Hall–Kier alpha value is -2.63. The van der Waals surface area contributed by atoms with Gasteiger partial charge in [0.25, 0.3) is 5.88 Å². The Morgan fingerprint density at radius 3 is 2.42 bits per heavy atom. The van der Waals surface area contributed by atoms with Crippen LogP contribution in [0.15, 0.2) is 36.7 Å². The summed E-state index contributed by atoms with van der Waals surface area (Å²) in [6.07, 6.45) is 2.67. The molecule has 6 nitrogen and oxygen atoms in total. The standard InChI is InChI=1S/C13H12N2O4/c1-2-18-9-3-5-10(6-4-9)19-12-11(13(16)17)14-7-8-15-12/h3-8H,2H2,1H3,(H,16,17). The minimum atomic E-state index is -1.19. The molecule has 6 heteroatoms. The SMILES string of the molecule is CCOc1ccc(Oc2nccnc2C(=O)O)cc1. The van der Waals surface area contributed by atoms with Gasteiger partial charge in [-0.3, -0.25) is 0 Å². The highest BCUT2D eigenvalue weighted by molar-refractivity contribution is 5.87. The zero-order valence-corrected chi connectivity index (χ0v) is 10.2. The average molecular weight is 260 g/mol. The van der Waals surface area contributed by atoms with Crippen molar-refractivity contribution in [1.82, 2.24) is 9.97 Å². The predicted molar refractivity (Wildman–Crippen MR) is 66.7 cm³/mol. The van der Waals surface area contributed by atoms with Crippen molar-refractivity contribution in [2.24, 2.45) is 0 Å². The monoisotopic (exact) mass is 260 g/mol. The fraction of sp³-hybridized carbons (Fsp3) is 0.154. The highest BCUT2D eigenvalue weighted by Gasteiger charge is 2.14. The zero-order valence-electron chi connectivity index (χ0n) is 10.2. The number of carboxylic acids is 1. The number of carbonyl (C=O) groups is 1. The molecule has 0 spiro atoms. The van der Waals surface area contributed by atoms with Gasteiger partial charge < -0.3 is 14.6 Å². The summed E-state index contributed by atoms with van der Waals surface area (Å²) in [7, 11) is 0. The van der Waals surface area contributed by atoms with Gasteiger partial charge in [-0.2, -0.15) is 0 Å². The first-order valence-corrected chi connectivity index (χ1v) is 5.65. The number of carboxylic acid groups (broad SMARTS) is 1. The number of ether oxygens (including phenoxy) is 2. The molecule has 1 aromatic heterocycles. The van der Waals surface area contributed by atoms with Gasteiger partial charge in [0, 0.05) is 12.4 Å². The van der Waals surface area contributed by atoms with Crippen LogP contribution in [0, 0.1) is 0 Å². The smallest absolute Gasteiger partial charge is 0.360 e. The first kappa shape index (κ1) is 12.8. The highest BCUT2D eigenvalue weighted by atomic mass is 16.5. The Labute approximate surface area is 109 Å². The molecule has 19 heavy (non-hydrogen) atoms. The van der Waals surface area contributed by atoms with Crippen molar-refractivity contribution >= 4 is 5.97 Å². The van der Waals surface area contributed by atoms with E-state index >= 15 is 0 Å². The van der Waals surface area contributed by atoms with Crippen molar-refractivity contribution in [3.8, 4) is 17.4 Å². The number of aromatic nitrogens is 2. The van der Waals surface area contributed by atoms with Gasteiger partial charge in [0.2, 0.25) is 5.69 Å². The summed E-state index contributed by atoms with van der Waals surface area (Å²) < 4.78 is 10.7. The maximum atomic E-state index is 10.9. The Morgan fingerprint density at radius 2 is 1.79 bits per heavy atom. The minimum absolute atomic E-state index is 0.0424. The maximum Gasteiger partial charge on any atom is 0.360 e. The summed E-state index contributed by atoms with van der Waals surface area (Å²) >= 11 is 0. The van der Waals surface area contributed by atoms with Gasteiger partial charge in [-0.25, -0.2) is 14.8 Å². The van der Waals surface area contributed by atoms with Gasteiger partial charge in [-0.15, -0.1) is 0 Å². The third-order valence-corrected chi connectivity index (χ3v) is 2.22. The summed E-state index contributed by atoms with van der Waals surface area (Å²) in [5, 5.41) is 8.96. The molecule has 0 atom stereocenters. The lowest BCUT2D eigenvalue weighted by Gasteiger charge is -2.07. The Morgan fingerprint density at radius 1 is 1.16 bits per heavy atom. The molecule has 0 amide bonds. The fourth-order valence-corrected chi connectivity index (χ4v) is 1.43. The van der Waals surface area contributed by atoms with Gasteiger partial charge in [0.05, 0.1) is 6.61 Å². The third kappa shape index (κ3) is 3.19. The van der Waals surface area contributed by atoms with E-state index in [2.05, 4.69) is 9.97 Å². The van der Waals surface area contributed by atoms with E-state index in [-0.39, 0.29) is 11.6 Å². The van der Waals surface area contributed by atoms with Crippen LogP contribution in [0.4, 0.5) is 0 Å². The molecule has 1 N–H and O–H groups in total. The summed E-state index contributed by atoms with van der Waals surface area (Å²) in [5.74, 6) is -0.0490. The van der Waals surface area contributed by atoms with E-state index in [1.165, 1.54) is 12.4 Å². The van der Waals surface area contributed by atoms with E-state index in [1.807, 2.05) is 6.92 Å². The lowest BCUT2D eigenvalue weighted by molar-refractivity contribution is 0.0686. The van der Waals surface area contributed by atoms with Crippen molar-refractivity contribution in [2.75, 3.05) is 6.61 Å². The second kappa shape index (κ2) is 5.81. The van der Waals surface area contributed by atoms with Gasteiger partial charge in [0.15, 0.2) is 0 Å². The van der Waals surface area contributed by atoms with Gasteiger partial charge >= 0.3 is 5.97 Å². The minimum Gasteiger partial charge on any atom is -0.494 e. The lowest BCUT2D eigenvalue weighted by Crippen LogP contribution is -2.04. The molecule has 2 aromatic rings. The van der Waals surface area contributed by atoms with Crippen molar-refractivity contribution in [3.63, 3.8) is 0 Å². The molecule has 0 fully saturated rings. The Balaban J connectivity index is 2.19. The Bertz CT molecular complexity index is 569. The Kier molecular flexibility index (Phi) is 3.92. The highest BCUT2D eigenvalue weighted by Crippen LogP contribution is 2.24. The second-order valence-corrected chi connectivity index (χ2v) is 3.52. The first-order valence-electron chi connectivity index (χ1n) is 5.65. The third-order valence-electron chi connectivity index (χ3n) is 2.22. The second-order valence-electron chi connectivity index (χ2n) is 3.52. The topological polar surface area (TPSA) is 81.5 Å². The van der Waals surface area contributed by atoms with Gasteiger partial charge in [-0.05, 0) is 31.2 Å². The predicted octanol–water partition coefficient (Wildman–Crippen LogP) is 2.37. The molecule has 0 aliphatic heterocycles. The summed E-state index contributed by atoms with van der Waals surface area (Å²) in [5.41, 5.74) is -0.226. The first-order chi connectivity index (χ1) is 9.20. The van der Waals surface area contributed by atoms with Crippen molar-refractivity contribution in [3.05, 3.63) is 42.4 Å². The molecule has 0 bridgehead atoms. The van der Waals surface area contributed by atoms with E-state index in [1.54, 1.807) is 24.3 Å². The number of aromatic carboxylic acids is 1. The van der Waals surface area contributed by atoms with E-state index in [0.29, 0.717) is 18.1 Å². The number of hydrogen-bond acceptors (Lipinski definition) is 5. The molecule has 1 heterocycles. The molecule has 0 radical (unpaired) electrons. The molecule has 0 aliphatic carbocycles. The van der Waals surface area contributed by atoms with Crippen LogP contribution >= 0.6 is 0 Å². The molecule has 98 valence electrons. The summed E-state index contributed by atoms with van der Waals surface area (Å²) in [6, 6.07) is 6.81. The van der Waals surface area contributed by atoms with Crippen molar-refractivity contribution in [2.45, 2.75) is 6.92 Å². The quantitative estimate of drug-likeness (QED) is 0.888. The molecule has 0 saturated heterocycles. The van der Waals surface area contributed by atoms with E-state index in [4.69, 9.17) is 14.6 Å². The molecule has 2 rings (SSSR count). The van der Waals surface area contributed by atoms with Crippen LogP contribution in [0.2, 0.25) is 0 Å². The fourth-order valence-electron chi connectivity index (χ4n) is 1.43. The van der Waals surface area contributed by atoms with E-state index < -0.39 is 5.97 Å². The van der Waals surface area contributed by atoms with E-state index in [0.717, 1.165) is 0 Å². The molecular formula is C13H12N2O4. The molecule has 1 aromatic carbocycles. The van der Waals surface area contributed by atoms with Gasteiger partial charge in [-0.1, -0.05) is 0 Å².